The maximum Gasteiger partial charge on any atom is 0.295 e. The zero-order valence-electron chi connectivity index (χ0n) is 17.6. The Hall–Kier alpha value is -3.68. The van der Waals surface area contributed by atoms with Crippen molar-refractivity contribution in [1.29, 1.82) is 0 Å². The molecule has 1 saturated heterocycles. The van der Waals surface area contributed by atoms with Crippen LogP contribution in [0.25, 0.3) is 5.76 Å². The number of aliphatic hydroxyl groups is 1. The third-order valence-electron chi connectivity index (χ3n) is 4.90. The zero-order valence-corrected chi connectivity index (χ0v) is 17.6. The van der Waals surface area contributed by atoms with Crippen molar-refractivity contribution in [3.05, 3.63) is 75.3 Å². The summed E-state index contributed by atoms with van der Waals surface area (Å²) in [4.78, 5) is 37.4. The molecule has 0 aromatic heterocycles. The minimum atomic E-state index is -0.788. The third-order valence-corrected chi connectivity index (χ3v) is 4.90. The van der Waals surface area contributed by atoms with Crippen LogP contribution in [-0.4, -0.2) is 39.3 Å². The molecule has 1 aliphatic rings. The van der Waals surface area contributed by atoms with E-state index in [0.29, 0.717) is 24.3 Å². The van der Waals surface area contributed by atoms with Gasteiger partial charge < -0.3 is 14.7 Å². The van der Waals surface area contributed by atoms with Gasteiger partial charge in [0, 0.05) is 24.2 Å². The molecule has 162 valence electrons. The van der Waals surface area contributed by atoms with Gasteiger partial charge >= 0.3 is 0 Å². The molecular formula is C23H24N2O6. The van der Waals surface area contributed by atoms with Crippen LogP contribution in [0.1, 0.15) is 44.4 Å². The van der Waals surface area contributed by atoms with Gasteiger partial charge in [0.05, 0.1) is 22.6 Å². The van der Waals surface area contributed by atoms with E-state index in [1.54, 1.807) is 24.3 Å². The van der Waals surface area contributed by atoms with Gasteiger partial charge in [-0.15, -0.1) is 0 Å². The number of non-ortho nitro benzene ring substituents is 1. The lowest BCUT2D eigenvalue weighted by atomic mass is 9.95. The third kappa shape index (κ3) is 4.42. The molecule has 0 aliphatic carbocycles. The summed E-state index contributed by atoms with van der Waals surface area (Å²) < 4.78 is 5.75. The minimum absolute atomic E-state index is 0.0472. The van der Waals surface area contributed by atoms with Crippen molar-refractivity contribution < 1.29 is 24.4 Å². The second-order valence-corrected chi connectivity index (χ2v) is 7.54. The van der Waals surface area contributed by atoms with Crippen LogP contribution in [0.4, 0.5) is 5.69 Å². The van der Waals surface area contributed by atoms with Gasteiger partial charge in [-0.3, -0.25) is 19.7 Å². The fourth-order valence-corrected chi connectivity index (χ4v) is 3.62. The first-order valence-electron chi connectivity index (χ1n) is 10.0. The molecule has 1 aliphatic heterocycles. The summed E-state index contributed by atoms with van der Waals surface area (Å²) in [6.45, 7) is 6.02. The Bertz CT molecular complexity index is 1040. The molecule has 8 heteroatoms. The average Bonchev–Trinajstić information content (AvgIpc) is 2.98. The molecule has 3 rings (SSSR count). The Balaban J connectivity index is 2.14. The second-order valence-electron chi connectivity index (χ2n) is 7.54. The summed E-state index contributed by atoms with van der Waals surface area (Å²) in [5, 5.41) is 21.9. The van der Waals surface area contributed by atoms with E-state index in [4.69, 9.17) is 4.74 Å². The first kappa shape index (κ1) is 22.0. The highest BCUT2D eigenvalue weighted by molar-refractivity contribution is 6.46. The number of Topliss-reactive ketones (excluding diaryl/α,β-unsaturated/α-hetero) is 1. The number of amides is 1. The number of rotatable bonds is 7. The number of hydrogen-bond acceptors (Lipinski definition) is 6. The summed E-state index contributed by atoms with van der Waals surface area (Å²) in [5.74, 6) is -1.26. The molecular weight excluding hydrogens is 400 g/mol. The molecule has 1 atom stereocenters. The van der Waals surface area contributed by atoms with E-state index < -0.39 is 22.7 Å². The van der Waals surface area contributed by atoms with Crippen molar-refractivity contribution in [3.63, 3.8) is 0 Å². The molecule has 2 aromatic rings. The molecule has 1 N–H and O–H groups in total. The zero-order chi connectivity index (χ0) is 22.7. The minimum Gasteiger partial charge on any atom is -0.507 e. The average molecular weight is 424 g/mol. The van der Waals surface area contributed by atoms with E-state index in [-0.39, 0.29) is 28.7 Å². The lowest BCUT2D eigenvalue weighted by Gasteiger charge is -2.25. The van der Waals surface area contributed by atoms with E-state index in [0.717, 1.165) is 0 Å². The van der Waals surface area contributed by atoms with E-state index >= 15 is 0 Å². The van der Waals surface area contributed by atoms with Crippen molar-refractivity contribution in [2.45, 2.75) is 39.3 Å². The number of nitro groups is 1. The maximum atomic E-state index is 12.9. The van der Waals surface area contributed by atoms with Crippen molar-refractivity contribution in [2.24, 2.45) is 0 Å². The monoisotopic (exact) mass is 424 g/mol. The van der Waals surface area contributed by atoms with Gasteiger partial charge in [0.25, 0.3) is 17.4 Å². The van der Waals surface area contributed by atoms with Crippen LogP contribution < -0.4 is 4.74 Å². The van der Waals surface area contributed by atoms with Crippen LogP contribution in [0, 0.1) is 10.1 Å². The Kier molecular flexibility index (Phi) is 6.39. The van der Waals surface area contributed by atoms with E-state index in [2.05, 4.69) is 0 Å². The number of ketones is 1. The number of nitrogens with zero attached hydrogens (tertiary/aromatic N) is 2. The van der Waals surface area contributed by atoms with Crippen LogP contribution in [0.2, 0.25) is 0 Å². The van der Waals surface area contributed by atoms with Gasteiger partial charge in [-0.25, -0.2) is 0 Å². The van der Waals surface area contributed by atoms with Gasteiger partial charge in [-0.1, -0.05) is 19.1 Å². The van der Waals surface area contributed by atoms with Crippen molar-refractivity contribution in [1.82, 2.24) is 4.90 Å². The lowest BCUT2D eigenvalue weighted by Crippen LogP contribution is -2.30. The SMILES string of the molecule is CCCN1C(=O)C(=O)/C(=C(/O)c2ccc([N+](=O)[O-])cc2)C1c1cccc(OC(C)C)c1. The van der Waals surface area contributed by atoms with E-state index in [9.17, 15) is 24.8 Å². The number of likely N-dealkylation sites (tertiary alicyclic amines) is 1. The number of aliphatic hydroxyl groups excluding tert-OH is 1. The van der Waals surface area contributed by atoms with Crippen LogP contribution in [-0.2, 0) is 9.59 Å². The first-order chi connectivity index (χ1) is 14.7. The number of hydrogen-bond donors (Lipinski definition) is 1. The summed E-state index contributed by atoms with van der Waals surface area (Å²) in [6.07, 6.45) is 0.570. The molecule has 1 amide bonds. The molecule has 8 nitrogen and oxygen atoms in total. The van der Waals surface area contributed by atoms with Gasteiger partial charge in [0.2, 0.25) is 0 Å². The fourth-order valence-electron chi connectivity index (χ4n) is 3.62. The van der Waals surface area contributed by atoms with Crippen LogP contribution in [0.15, 0.2) is 54.1 Å². The molecule has 0 bridgehead atoms. The van der Waals surface area contributed by atoms with Crippen molar-refractivity contribution in [3.8, 4) is 5.75 Å². The number of nitro benzene ring substituents is 1. The van der Waals surface area contributed by atoms with Crippen LogP contribution in [0.5, 0.6) is 5.75 Å². The Morgan fingerprint density at radius 1 is 1.19 bits per heavy atom. The molecule has 1 heterocycles. The Labute approximate surface area is 179 Å². The quantitative estimate of drug-likeness (QED) is 0.234. The summed E-state index contributed by atoms with van der Waals surface area (Å²) in [6, 6.07) is 11.5. The summed E-state index contributed by atoms with van der Waals surface area (Å²) in [7, 11) is 0. The number of carbonyl (C=O) groups excluding carboxylic acids is 2. The standard InChI is InChI=1S/C23H24N2O6/c1-4-12-24-20(16-6-5-7-18(13-16)31-14(2)3)19(22(27)23(24)28)21(26)15-8-10-17(11-9-15)25(29)30/h5-11,13-14,20,26H,4,12H2,1-3H3/b21-19+. The first-order valence-corrected chi connectivity index (χ1v) is 10.0. The van der Waals surface area contributed by atoms with Gasteiger partial charge in [-0.05, 0) is 50.1 Å². The summed E-state index contributed by atoms with van der Waals surface area (Å²) >= 11 is 0. The highest BCUT2D eigenvalue weighted by atomic mass is 16.6. The van der Waals surface area contributed by atoms with E-state index in [1.807, 2.05) is 20.8 Å². The molecule has 2 aromatic carbocycles. The van der Waals surface area contributed by atoms with Gasteiger partial charge in [0.15, 0.2) is 0 Å². The van der Waals surface area contributed by atoms with Crippen molar-refractivity contribution >= 4 is 23.1 Å². The number of ether oxygens (including phenoxy) is 1. The highest BCUT2D eigenvalue weighted by Gasteiger charge is 2.45. The molecule has 0 spiro atoms. The van der Waals surface area contributed by atoms with Crippen molar-refractivity contribution in [2.75, 3.05) is 6.54 Å². The highest BCUT2D eigenvalue weighted by Crippen LogP contribution is 2.40. The molecule has 1 fully saturated rings. The molecule has 0 saturated carbocycles. The second kappa shape index (κ2) is 8.99. The summed E-state index contributed by atoms with van der Waals surface area (Å²) in [5.41, 5.74) is 0.668. The Morgan fingerprint density at radius 3 is 2.45 bits per heavy atom. The largest absolute Gasteiger partial charge is 0.507 e. The smallest absolute Gasteiger partial charge is 0.295 e. The fraction of sp³-hybridized carbons (Fsp3) is 0.304. The van der Waals surface area contributed by atoms with Gasteiger partial charge in [0.1, 0.15) is 11.5 Å². The number of benzene rings is 2. The number of carbonyl (C=O) groups is 2. The normalized spacial score (nSPS) is 17.9. The lowest BCUT2D eigenvalue weighted by molar-refractivity contribution is -0.384. The molecule has 1 unspecified atom stereocenters. The maximum absolute atomic E-state index is 12.9. The van der Waals surface area contributed by atoms with Crippen LogP contribution in [0.3, 0.4) is 0 Å². The predicted molar refractivity (Wildman–Crippen MR) is 115 cm³/mol. The van der Waals surface area contributed by atoms with E-state index in [1.165, 1.54) is 29.2 Å². The van der Waals surface area contributed by atoms with Crippen LogP contribution >= 0.6 is 0 Å². The molecule has 31 heavy (non-hydrogen) atoms. The Morgan fingerprint density at radius 2 is 1.87 bits per heavy atom. The molecule has 0 radical (unpaired) electrons. The topological polar surface area (TPSA) is 110 Å². The predicted octanol–water partition coefficient (Wildman–Crippen LogP) is 4.21. The van der Waals surface area contributed by atoms with Gasteiger partial charge in [-0.2, -0.15) is 0 Å².